The third-order valence-corrected chi connectivity index (χ3v) is 4.65. The molecule has 0 saturated heterocycles. The van der Waals surface area contributed by atoms with Crippen molar-refractivity contribution in [2.24, 2.45) is 0 Å². The molecule has 1 fully saturated rings. The summed E-state index contributed by atoms with van der Waals surface area (Å²) in [5.41, 5.74) is 4.08. The summed E-state index contributed by atoms with van der Waals surface area (Å²) >= 11 is 0. The molecule has 0 bridgehead atoms. The van der Waals surface area contributed by atoms with Gasteiger partial charge in [-0.1, -0.05) is 37.6 Å². The van der Waals surface area contributed by atoms with E-state index in [4.69, 9.17) is 4.42 Å². The van der Waals surface area contributed by atoms with E-state index in [0.29, 0.717) is 0 Å². The molecular weight excluding hydrogens is 258 g/mol. The van der Waals surface area contributed by atoms with Crippen molar-refractivity contribution < 1.29 is 4.42 Å². The van der Waals surface area contributed by atoms with E-state index in [0.717, 1.165) is 24.0 Å². The molecule has 21 heavy (non-hydrogen) atoms. The molecule has 0 aliphatic heterocycles. The van der Waals surface area contributed by atoms with E-state index >= 15 is 0 Å². The van der Waals surface area contributed by atoms with E-state index in [9.17, 15) is 0 Å². The standard InChI is InChI=1S/C19H25NO/c1-4-20-19(18-12-13(2)21-14(18)3)17-10-8-16(9-11-17)15-6-5-7-15/h8-12,15,19-20H,4-7H2,1-3H3. The Balaban J connectivity index is 1.87. The van der Waals surface area contributed by atoms with E-state index in [1.807, 2.05) is 6.92 Å². The van der Waals surface area contributed by atoms with Crippen molar-refractivity contribution in [3.63, 3.8) is 0 Å². The second-order valence-corrected chi connectivity index (χ2v) is 6.15. The van der Waals surface area contributed by atoms with Crippen LogP contribution < -0.4 is 5.32 Å². The largest absolute Gasteiger partial charge is 0.466 e. The molecule has 0 spiro atoms. The first kappa shape index (κ1) is 14.4. The maximum Gasteiger partial charge on any atom is 0.106 e. The predicted molar refractivity (Wildman–Crippen MR) is 86.7 cm³/mol. The molecule has 2 nitrogen and oxygen atoms in total. The summed E-state index contributed by atoms with van der Waals surface area (Å²) in [5.74, 6) is 2.80. The van der Waals surface area contributed by atoms with E-state index < -0.39 is 0 Å². The topological polar surface area (TPSA) is 25.2 Å². The third kappa shape index (κ3) is 2.91. The van der Waals surface area contributed by atoms with Crippen LogP contribution in [0.15, 0.2) is 34.7 Å². The van der Waals surface area contributed by atoms with E-state index in [1.54, 1.807) is 0 Å². The predicted octanol–water partition coefficient (Wildman–Crippen LogP) is 4.86. The number of hydrogen-bond acceptors (Lipinski definition) is 2. The fourth-order valence-corrected chi connectivity index (χ4v) is 3.25. The zero-order valence-electron chi connectivity index (χ0n) is 13.3. The van der Waals surface area contributed by atoms with Crippen LogP contribution in [0.2, 0.25) is 0 Å². The molecule has 1 aliphatic rings. The van der Waals surface area contributed by atoms with Gasteiger partial charge in [-0.25, -0.2) is 0 Å². The van der Waals surface area contributed by atoms with Crippen LogP contribution >= 0.6 is 0 Å². The van der Waals surface area contributed by atoms with Gasteiger partial charge in [-0.2, -0.15) is 0 Å². The van der Waals surface area contributed by atoms with Crippen LogP contribution in [0.1, 0.15) is 66.4 Å². The molecule has 0 radical (unpaired) electrons. The summed E-state index contributed by atoms with van der Waals surface area (Å²) < 4.78 is 5.71. The summed E-state index contributed by atoms with van der Waals surface area (Å²) in [5, 5.41) is 3.59. The molecule has 1 atom stereocenters. The molecule has 1 saturated carbocycles. The molecular formula is C19H25NO. The lowest BCUT2D eigenvalue weighted by Gasteiger charge is -2.26. The maximum absolute atomic E-state index is 5.71. The summed E-state index contributed by atoms with van der Waals surface area (Å²) in [4.78, 5) is 0. The maximum atomic E-state index is 5.71. The average Bonchev–Trinajstić information content (AvgIpc) is 2.74. The lowest BCUT2D eigenvalue weighted by Crippen LogP contribution is -2.22. The average molecular weight is 283 g/mol. The van der Waals surface area contributed by atoms with Gasteiger partial charge < -0.3 is 9.73 Å². The molecule has 1 aromatic heterocycles. The quantitative estimate of drug-likeness (QED) is 0.847. The highest BCUT2D eigenvalue weighted by Gasteiger charge is 2.21. The molecule has 0 amide bonds. The number of furan rings is 1. The van der Waals surface area contributed by atoms with Gasteiger partial charge in [-0.15, -0.1) is 0 Å². The molecule has 1 unspecified atom stereocenters. The molecule has 2 aromatic rings. The van der Waals surface area contributed by atoms with Crippen LogP contribution in [0, 0.1) is 13.8 Å². The normalized spacial score (nSPS) is 16.7. The van der Waals surface area contributed by atoms with Crippen LogP contribution in [-0.4, -0.2) is 6.54 Å². The zero-order chi connectivity index (χ0) is 14.8. The van der Waals surface area contributed by atoms with Gasteiger partial charge in [0.15, 0.2) is 0 Å². The van der Waals surface area contributed by atoms with Gasteiger partial charge in [0.2, 0.25) is 0 Å². The van der Waals surface area contributed by atoms with Crippen molar-refractivity contribution in [3.8, 4) is 0 Å². The highest BCUT2D eigenvalue weighted by molar-refractivity contribution is 5.36. The Morgan fingerprint density at radius 1 is 1.19 bits per heavy atom. The van der Waals surface area contributed by atoms with E-state index in [-0.39, 0.29) is 6.04 Å². The minimum Gasteiger partial charge on any atom is -0.466 e. The summed E-state index contributed by atoms with van der Waals surface area (Å²) in [6.07, 6.45) is 4.10. The minimum absolute atomic E-state index is 0.225. The molecule has 2 heteroatoms. The Kier molecular flexibility index (Phi) is 4.16. The van der Waals surface area contributed by atoms with Crippen LogP contribution in [0.4, 0.5) is 0 Å². The van der Waals surface area contributed by atoms with E-state index in [2.05, 4.69) is 49.5 Å². The summed E-state index contributed by atoms with van der Waals surface area (Å²) in [6.45, 7) is 7.16. The summed E-state index contributed by atoms with van der Waals surface area (Å²) in [7, 11) is 0. The number of nitrogens with one attached hydrogen (secondary N) is 1. The Bertz CT molecular complexity index is 593. The number of aryl methyl sites for hydroxylation is 2. The smallest absolute Gasteiger partial charge is 0.106 e. The highest BCUT2D eigenvalue weighted by atomic mass is 16.3. The molecule has 1 N–H and O–H groups in total. The zero-order valence-corrected chi connectivity index (χ0v) is 13.3. The van der Waals surface area contributed by atoms with Crippen LogP contribution in [-0.2, 0) is 0 Å². The second kappa shape index (κ2) is 6.07. The minimum atomic E-state index is 0.225. The monoisotopic (exact) mass is 283 g/mol. The molecule has 1 aromatic carbocycles. The number of benzene rings is 1. The number of rotatable bonds is 5. The second-order valence-electron chi connectivity index (χ2n) is 6.15. The first-order valence-corrected chi connectivity index (χ1v) is 8.09. The fourth-order valence-electron chi connectivity index (χ4n) is 3.25. The molecule has 1 heterocycles. The van der Waals surface area contributed by atoms with Crippen LogP contribution in [0.5, 0.6) is 0 Å². The number of hydrogen-bond donors (Lipinski definition) is 1. The van der Waals surface area contributed by atoms with Crippen LogP contribution in [0.3, 0.4) is 0 Å². The van der Waals surface area contributed by atoms with Gasteiger partial charge in [0.05, 0.1) is 6.04 Å². The Labute approximate surface area is 127 Å². The van der Waals surface area contributed by atoms with Crippen LogP contribution in [0.25, 0.3) is 0 Å². The molecule has 1 aliphatic carbocycles. The van der Waals surface area contributed by atoms with Crippen molar-refractivity contribution >= 4 is 0 Å². The van der Waals surface area contributed by atoms with Crippen molar-refractivity contribution in [2.45, 2.75) is 52.0 Å². The van der Waals surface area contributed by atoms with Gasteiger partial charge in [0, 0.05) is 5.56 Å². The SMILES string of the molecule is CCNC(c1ccc(C2CCC2)cc1)c1cc(C)oc1C. The Morgan fingerprint density at radius 2 is 1.90 bits per heavy atom. The van der Waals surface area contributed by atoms with Gasteiger partial charge in [0.1, 0.15) is 11.5 Å². The Morgan fingerprint density at radius 3 is 2.38 bits per heavy atom. The lowest BCUT2D eigenvalue weighted by atomic mass is 9.79. The highest BCUT2D eigenvalue weighted by Crippen LogP contribution is 2.37. The van der Waals surface area contributed by atoms with Gasteiger partial charge in [-0.3, -0.25) is 0 Å². The van der Waals surface area contributed by atoms with Crippen molar-refractivity contribution in [2.75, 3.05) is 6.54 Å². The van der Waals surface area contributed by atoms with Crippen molar-refractivity contribution in [1.29, 1.82) is 0 Å². The fraction of sp³-hybridized carbons (Fsp3) is 0.474. The lowest BCUT2D eigenvalue weighted by molar-refractivity contribution is 0.419. The van der Waals surface area contributed by atoms with Crippen molar-refractivity contribution in [1.82, 2.24) is 5.32 Å². The first-order valence-electron chi connectivity index (χ1n) is 8.09. The summed E-state index contributed by atoms with van der Waals surface area (Å²) in [6, 6.07) is 11.6. The van der Waals surface area contributed by atoms with E-state index in [1.165, 1.54) is 36.0 Å². The molecule has 112 valence electrons. The van der Waals surface area contributed by atoms with Gasteiger partial charge >= 0.3 is 0 Å². The van der Waals surface area contributed by atoms with Gasteiger partial charge in [0.25, 0.3) is 0 Å². The molecule has 3 rings (SSSR count). The third-order valence-electron chi connectivity index (χ3n) is 4.65. The Hall–Kier alpha value is -1.54. The first-order chi connectivity index (χ1) is 10.2. The van der Waals surface area contributed by atoms with Gasteiger partial charge in [-0.05, 0) is 56.3 Å². The van der Waals surface area contributed by atoms with Crippen molar-refractivity contribution in [3.05, 3.63) is 58.5 Å².